The normalized spacial score (nSPS) is 42.5. The second-order valence-electron chi connectivity index (χ2n) is 16.6. The molecule has 0 nitrogen and oxygen atoms in total. The number of fused-ring (bicyclic) bond motifs is 4. The molecule has 6 rings (SSSR count). The zero-order valence-corrected chi connectivity index (χ0v) is 33.8. The van der Waals surface area contributed by atoms with Crippen LogP contribution in [-0.4, -0.2) is 15.2 Å². The molecule has 0 aromatic rings. The SMILES string of the molecule is CCCC(C)C1CC([Si](C)(C)[Si](C)(C)C2CCC3CC4CCCC4CC32)C2CC3CCCC3CC12.[CH3-].[CH3-].[Cl][Zr+2][Cl]. The van der Waals surface area contributed by atoms with Crippen LogP contribution >= 0.6 is 17.0 Å². The van der Waals surface area contributed by atoms with Crippen LogP contribution < -0.4 is 0 Å². The second-order valence-corrected chi connectivity index (χ2v) is 36.4. The van der Waals surface area contributed by atoms with Crippen LogP contribution in [0.5, 0.6) is 0 Å². The van der Waals surface area contributed by atoms with Crippen molar-refractivity contribution in [1.29, 1.82) is 0 Å². The summed E-state index contributed by atoms with van der Waals surface area (Å²) in [5, 5.41) is 0. The van der Waals surface area contributed by atoms with Gasteiger partial charge in [-0.2, -0.15) is 0 Å². The Labute approximate surface area is 272 Å². The number of hydrogen-bond donors (Lipinski definition) is 0. The summed E-state index contributed by atoms with van der Waals surface area (Å²) in [7, 11) is 7.30. The van der Waals surface area contributed by atoms with Gasteiger partial charge in [0.2, 0.25) is 0 Å². The Balaban J connectivity index is 0.000000846. The van der Waals surface area contributed by atoms with Crippen LogP contribution in [0.1, 0.15) is 110 Å². The van der Waals surface area contributed by atoms with Gasteiger partial charge in [-0.15, -0.1) is 0 Å². The molecule has 232 valence electrons. The molecule has 6 aliphatic carbocycles. The first-order valence-electron chi connectivity index (χ1n) is 17.1. The molecule has 0 amide bonds. The number of rotatable bonds is 6. The van der Waals surface area contributed by atoms with Crippen LogP contribution in [0, 0.1) is 74.0 Å². The topological polar surface area (TPSA) is 0 Å². The predicted octanol–water partition coefficient (Wildman–Crippen LogP) is 12.6. The van der Waals surface area contributed by atoms with Crippen molar-refractivity contribution in [3.05, 3.63) is 14.9 Å². The van der Waals surface area contributed by atoms with E-state index in [0.29, 0.717) is 0 Å². The molecule has 0 aliphatic heterocycles. The van der Waals surface area contributed by atoms with E-state index in [1.807, 2.05) is 0 Å². The van der Waals surface area contributed by atoms with E-state index in [2.05, 4.69) is 40.0 Å². The van der Waals surface area contributed by atoms with Crippen molar-refractivity contribution >= 4 is 32.2 Å². The third kappa shape index (κ3) is 6.70. The molecule has 0 radical (unpaired) electrons. The average Bonchev–Trinajstić information content (AvgIpc) is 3.66. The molecular formula is C35H66Cl2Si2Zr. The monoisotopic (exact) mass is 702 g/mol. The van der Waals surface area contributed by atoms with Gasteiger partial charge in [0.25, 0.3) is 0 Å². The molecule has 0 spiro atoms. The Morgan fingerprint density at radius 2 is 1.10 bits per heavy atom. The third-order valence-electron chi connectivity index (χ3n) is 15.1. The van der Waals surface area contributed by atoms with E-state index in [4.69, 9.17) is 17.0 Å². The Morgan fingerprint density at radius 1 is 0.625 bits per heavy atom. The molecule has 6 saturated carbocycles. The Bertz CT molecular complexity index is 789. The van der Waals surface area contributed by atoms with Gasteiger partial charge >= 0.3 is 37.9 Å². The van der Waals surface area contributed by atoms with Gasteiger partial charge in [-0.05, 0) is 102 Å². The van der Waals surface area contributed by atoms with E-state index in [-0.39, 0.29) is 14.9 Å². The fourth-order valence-electron chi connectivity index (χ4n) is 12.7. The van der Waals surface area contributed by atoms with Crippen molar-refractivity contribution in [2.45, 2.75) is 147 Å². The fraction of sp³-hybridized carbons (Fsp3) is 0.943. The molecular weight excluding hydrogens is 639 g/mol. The van der Waals surface area contributed by atoms with E-state index in [0.717, 1.165) is 59.2 Å². The molecule has 0 aromatic carbocycles. The van der Waals surface area contributed by atoms with Crippen LogP contribution in [0.2, 0.25) is 37.3 Å². The van der Waals surface area contributed by atoms with Gasteiger partial charge in [0.05, 0.1) is 0 Å². The number of hydrogen-bond acceptors (Lipinski definition) is 0. The van der Waals surface area contributed by atoms with Gasteiger partial charge in [0.15, 0.2) is 0 Å². The molecule has 12 atom stereocenters. The van der Waals surface area contributed by atoms with E-state index in [9.17, 15) is 0 Å². The standard InChI is InChI=1S/C33H60Si2.2CH3.2ClH.Zr/c1-7-10-22(2)28-21-33(31-20-26-14-9-13-25(26)19-30(28)31)35(5,6)34(3,4)32-16-15-27-17-23-11-8-12-24(23)18-29(27)32;;;;;/h22-33H,7-21H2,1-6H3;2*1H3;2*1H;/q;2*-1;;;+4/p-2. The van der Waals surface area contributed by atoms with Crippen molar-refractivity contribution in [3.63, 3.8) is 0 Å². The summed E-state index contributed by atoms with van der Waals surface area (Å²) in [5.41, 5.74) is 2.35. The molecule has 0 N–H and O–H groups in total. The zero-order valence-electron chi connectivity index (χ0n) is 27.8. The van der Waals surface area contributed by atoms with Gasteiger partial charge in [-0.25, -0.2) is 0 Å². The minimum absolute atomic E-state index is 0. The average molecular weight is 705 g/mol. The number of halogens is 2. The Morgan fingerprint density at radius 3 is 1.65 bits per heavy atom. The van der Waals surface area contributed by atoms with Crippen LogP contribution in [0.25, 0.3) is 0 Å². The molecule has 5 heteroatoms. The molecule has 6 aliphatic rings. The van der Waals surface area contributed by atoms with Crippen LogP contribution in [0.4, 0.5) is 0 Å². The van der Waals surface area contributed by atoms with Crippen LogP contribution in [-0.2, 0) is 20.8 Å². The van der Waals surface area contributed by atoms with Crippen molar-refractivity contribution in [1.82, 2.24) is 0 Å². The Hall–Kier alpha value is 1.90. The van der Waals surface area contributed by atoms with Crippen LogP contribution in [0.15, 0.2) is 0 Å². The minimum atomic E-state index is -1.30. The predicted molar refractivity (Wildman–Crippen MR) is 183 cm³/mol. The molecule has 0 aromatic heterocycles. The van der Waals surface area contributed by atoms with Gasteiger partial charge in [-0.1, -0.05) is 104 Å². The summed E-state index contributed by atoms with van der Waals surface area (Å²) in [6.45, 7) is 17.1. The van der Waals surface area contributed by atoms with Crippen molar-refractivity contribution in [3.8, 4) is 0 Å². The summed E-state index contributed by atoms with van der Waals surface area (Å²) in [6.07, 6.45) is 23.9. The van der Waals surface area contributed by atoms with Crippen molar-refractivity contribution < 1.29 is 20.8 Å². The molecule has 40 heavy (non-hydrogen) atoms. The molecule has 0 saturated heterocycles. The maximum absolute atomic E-state index is 4.93. The summed E-state index contributed by atoms with van der Waals surface area (Å²) in [5.74, 6) is 11.1. The zero-order chi connectivity index (χ0) is 27.2. The van der Waals surface area contributed by atoms with E-state index in [1.165, 1.54) is 23.9 Å². The van der Waals surface area contributed by atoms with Gasteiger partial charge in [0.1, 0.15) is 0 Å². The fourth-order valence-corrected chi connectivity index (χ4v) is 27.1. The van der Waals surface area contributed by atoms with E-state index < -0.39 is 36.0 Å². The maximum atomic E-state index is 4.93. The Kier molecular flexibility index (Phi) is 13.6. The first-order valence-corrected chi connectivity index (χ1v) is 30.6. The summed E-state index contributed by atoms with van der Waals surface area (Å²) in [6, 6.07) is 0. The van der Waals surface area contributed by atoms with Gasteiger partial charge in [0, 0.05) is 15.2 Å². The first-order chi connectivity index (χ1) is 18.1. The third-order valence-corrected chi connectivity index (χ3v) is 35.7. The molecule has 0 heterocycles. The van der Waals surface area contributed by atoms with Crippen molar-refractivity contribution in [2.75, 3.05) is 0 Å². The van der Waals surface area contributed by atoms with E-state index in [1.54, 1.807) is 83.5 Å². The molecule has 12 unspecified atom stereocenters. The summed E-state index contributed by atoms with van der Waals surface area (Å²) < 4.78 is 0. The summed E-state index contributed by atoms with van der Waals surface area (Å²) >= 11 is -0.826. The van der Waals surface area contributed by atoms with Crippen LogP contribution in [0.3, 0.4) is 0 Å². The quantitative estimate of drug-likeness (QED) is 0.191. The van der Waals surface area contributed by atoms with E-state index >= 15 is 0 Å². The van der Waals surface area contributed by atoms with Crippen molar-refractivity contribution in [2.24, 2.45) is 59.2 Å². The van der Waals surface area contributed by atoms with Gasteiger partial charge < -0.3 is 14.9 Å². The summed E-state index contributed by atoms with van der Waals surface area (Å²) in [4.78, 5) is 0. The molecule has 6 fully saturated rings. The first kappa shape index (κ1) is 36.4. The molecule has 0 bridgehead atoms. The van der Waals surface area contributed by atoms with Gasteiger partial charge in [-0.3, -0.25) is 0 Å². The second kappa shape index (κ2) is 15.0.